The largest absolute Gasteiger partial charge is 0.306 e. The van der Waals surface area contributed by atoms with Gasteiger partial charge in [0, 0.05) is 35.5 Å². The molecular formula is C16H16BrN5OS. The van der Waals surface area contributed by atoms with Crippen LogP contribution in [0, 0.1) is 0 Å². The zero-order chi connectivity index (χ0) is 16.5. The van der Waals surface area contributed by atoms with Gasteiger partial charge in [0.1, 0.15) is 11.5 Å². The summed E-state index contributed by atoms with van der Waals surface area (Å²) in [5.74, 6) is 1.69. The molecule has 3 aromatic heterocycles. The van der Waals surface area contributed by atoms with Crippen molar-refractivity contribution in [1.29, 1.82) is 0 Å². The molecule has 0 radical (unpaired) electrons. The Morgan fingerprint density at radius 1 is 1.21 bits per heavy atom. The smallest absolute Gasteiger partial charge is 0.258 e. The minimum absolute atomic E-state index is 0.0722. The second-order valence-corrected chi connectivity index (χ2v) is 7.67. The molecule has 0 unspecified atom stereocenters. The highest BCUT2D eigenvalue weighted by atomic mass is 79.9. The minimum atomic E-state index is -0.0722. The highest BCUT2D eigenvalue weighted by molar-refractivity contribution is 9.10. The molecule has 0 N–H and O–H groups in total. The van der Waals surface area contributed by atoms with E-state index in [0.717, 1.165) is 34.1 Å². The molecule has 0 spiro atoms. The Kier molecular flexibility index (Phi) is 4.41. The van der Waals surface area contributed by atoms with Crippen LogP contribution in [0.5, 0.6) is 0 Å². The lowest BCUT2D eigenvalue weighted by Crippen LogP contribution is -2.15. The van der Waals surface area contributed by atoms with Crippen LogP contribution in [-0.2, 0) is 18.7 Å². The third-order valence-electron chi connectivity index (χ3n) is 4.10. The maximum Gasteiger partial charge on any atom is 0.258 e. The summed E-state index contributed by atoms with van der Waals surface area (Å²) in [6.45, 7) is 0.979. The standard InChI is InChI=1S/C16H16BrN5OS/c17-11-5-6-13-18-12(8-15(23)22(13)9-11)10-24-16-20-19-14-4-2-1-3-7-21(14)16/h5-6,8-9H,1-4,7,10H2. The van der Waals surface area contributed by atoms with Crippen molar-refractivity contribution in [3.05, 3.63) is 50.7 Å². The van der Waals surface area contributed by atoms with Crippen LogP contribution in [0.2, 0.25) is 0 Å². The van der Waals surface area contributed by atoms with Crippen LogP contribution in [0.3, 0.4) is 0 Å². The van der Waals surface area contributed by atoms with Crippen LogP contribution >= 0.6 is 27.7 Å². The topological polar surface area (TPSA) is 65.1 Å². The predicted molar refractivity (Wildman–Crippen MR) is 96.3 cm³/mol. The number of pyridine rings is 1. The van der Waals surface area contributed by atoms with Crippen LogP contribution in [0.4, 0.5) is 0 Å². The van der Waals surface area contributed by atoms with Crippen LogP contribution in [0.1, 0.15) is 30.8 Å². The van der Waals surface area contributed by atoms with Gasteiger partial charge in [-0.2, -0.15) is 0 Å². The molecule has 0 saturated heterocycles. The van der Waals surface area contributed by atoms with Crippen molar-refractivity contribution in [3.63, 3.8) is 0 Å². The van der Waals surface area contributed by atoms with Crippen molar-refractivity contribution in [2.24, 2.45) is 0 Å². The predicted octanol–water partition coefficient (Wildman–Crippen LogP) is 3.07. The Bertz CT molecular complexity index is 951. The van der Waals surface area contributed by atoms with Gasteiger partial charge in [-0.1, -0.05) is 18.2 Å². The van der Waals surface area contributed by atoms with Crippen LogP contribution in [0.25, 0.3) is 5.65 Å². The number of rotatable bonds is 3. The summed E-state index contributed by atoms with van der Waals surface area (Å²) < 4.78 is 4.61. The number of nitrogens with zero attached hydrogens (tertiary/aromatic N) is 5. The fourth-order valence-corrected chi connectivity index (χ4v) is 4.12. The van der Waals surface area contributed by atoms with E-state index in [4.69, 9.17) is 0 Å². The Morgan fingerprint density at radius 2 is 2.12 bits per heavy atom. The molecule has 3 aromatic rings. The van der Waals surface area contributed by atoms with Gasteiger partial charge < -0.3 is 4.57 Å². The van der Waals surface area contributed by atoms with Crippen molar-refractivity contribution in [1.82, 2.24) is 24.1 Å². The number of thioether (sulfide) groups is 1. The van der Waals surface area contributed by atoms with E-state index < -0.39 is 0 Å². The molecular weight excluding hydrogens is 390 g/mol. The van der Waals surface area contributed by atoms with E-state index in [0.29, 0.717) is 11.4 Å². The zero-order valence-corrected chi connectivity index (χ0v) is 15.4. The summed E-state index contributed by atoms with van der Waals surface area (Å²) in [5, 5.41) is 9.54. The van der Waals surface area contributed by atoms with Crippen molar-refractivity contribution in [2.45, 2.75) is 43.1 Å². The average Bonchev–Trinajstić information content (AvgIpc) is 2.80. The van der Waals surface area contributed by atoms with Gasteiger partial charge in [0.15, 0.2) is 5.16 Å². The molecule has 0 amide bonds. The zero-order valence-electron chi connectivity index (χ0n) is 13.0. The maximum absolute atomic E-state index is 12.3. The lowest BCUT2D eigenvalue weighted by Gasteiger charge is -2.07. The molecule has 0 fully saturated rings. The molecule has 1 aliphatic heterocycles. The van der Waals surface area contributed by atoms with E-state index in [1.54, 1.807) is 28.4 Å². The van der Waals surface area contributed by atoms with Crippen molar-refractivity contribution in [3.8, 4) is 0 Å². The van der Waals surface area contributed by atoms with Gasteiger partial charge in [0.05, 0.1) is 5.69 Å². The monoisotopic (exact) mass is 405 g/mol. The molecule has 0 aromatic carbocycles. The van der Waals surface area contributed by atoms with E-state index in [9.17, 15) is 4.79 Å². The summed E-state index contributed by atoms with van der Waals surface area (Å²) in [7, 11) is 0. The second kappa shape index (κ2) is 6.68. The normalized spacial score (nSPS) is 14.5. The SMILES string of the molecule is O=c1cc(CSc2nnc3n2CCCCC3)nc2ccc(Br)cn12. The fourth-order valence-electron chi connectivity index (χ4n) is 2.90. The molecule has 0 aliphatic carbocycles. The first-order chi connectivity index (χ1) is 11.7. The maximum atomic E-state index is 12.3. The number of fused-ring (bicyclic) bond motifs is 2. The Morgan fingerprint density at radius 3 is 3.04 bits per heavy atom. The van der Waals surface area contributed by atoms with Gasteiger partial charge in [0.25, 0.3) is 5.56 Å². The Hall–Kier alpha value is -1.67. The lowest BCUT2D eigenvalue weighted by molar-refractivity contribution is 0.591. The molecule has 1 aliphatic rings. The van der Waals surface area contributed by atoms with Crippen LogP contribution in [-0.4, -0.2) is 24.1 Å². The summed E-state index contributed by atoms with van der Waals surface area (Å²) in [6, 6.07) is 5.31. The van der Waals surface area contributed by atoms with Crippen LogP contribution < -0.4 is 5.56 Å². The van der Waals surface area contributed by atoms with Gasteiger partial charge in [-0.05, 0) is 40.9 Å². The third-order valence-corrected chi connectivity index (χ3v) is 5.57. The quantitative estimate of drug-likeness (QED) is 0.626. The van der Waals surface area contributed by atoms with Gasteiger partial charge in [-0.15, -0.1) is 10.2 Å². The number of aryl methyl sites for hydroxylation is 1. The molecule has 124 valence electrons. The van der Waals surface area contributed by atoms with E-state index in [1.165, 1.54) is 19.3 Å². The molecule has 0 bridgehead atoms. The number of aromatic nitrogens is 5. The molecule has 6 nitrogen and oxygen atoms in total. The van der Waals surface area contributed by atoms with Gasteiger partial charge >= 0.3 is 0 Å². The highest BCUT2D eigenvalue weighted by Gasteiger charge is 2.15. The first-order valence-corrected chi connectivity index (χ1v) is 9.71. The summed E-state index contributed by atoms with van der Waals surface area (Å²) >= 11 is 4.97. The number of halogens is 1. The first kappa shape index (κ1) is 15.8. The number of hydrogen-bond donors (Lipinski definition) is 0. The molecule has 4 heterocycles. The van der Waals surface area contributed by atoms with Crippen molar-refractivity contribution >= 4 is 33.3 Å². The number of hydrogen-bond acceptors (Lipinski definition) is 5. The first-order valence-electron chi connectivity index (χ1n) is 7.93. The van der Waals surface area contributed by atoms with Gasteiger partial charge in [0.2, 0.25) is 0 Å². The summed E-state index contributed by atoms with van der Waals surface area (Å²) in [4.78, 5) is 16.8. The van der Waals surface area contributed by atoms with E-state index in [1.807, 2.05) is 12.1 Å². The van der Waals surface area contributed by atoms with E-state index >= 15 is 0 Å². The van der Waals surface area contributed by atoms with E-state index in [-0.39, 0.29) is 5.56 Å². The fraction of sp³-hybridized carbons (Fsp3) is 0.375. The van der Waals surface area contributed by atoms with E-state index in [2.05, 4.69) is 35.7 Å². The van der Waals surface area contributed by atoms with Gasteiger partial charge in [-0.25, -0.2) is 4.98 Å². The minimum Gasteiger partial charge on any atom is -0.306 e. The molecule has 0 saturated carbocycles. The molecule has 4 rings (SSSR count). The molecule has 8 heteroatoms. The average molecular weight is 406 g/mol. The highest BCUT2D eigenvalue weighted by Crippen LogP contribution is 2.24. The van der Waals surface area contributed by atoms with Crippen molar-refractivity contribution < 1.29 is 0 Å². The summed E-state index contributed by atoms with van der Waals surface area (Å²) in [5.41, 5.74) is 1.34. The summed E-state index contributed by atoms with van der Waals surface area (Å²) in [6.07, 6.45) is 6.33. The molecule has 0 atom stereocenters. The Balaban J connectivity index is 1.58. The third kappa shape index (κ3) is 3.12. The second-order valence-electron chi connectivity index (χ2n) is 5.81. The van der Waals surface area contributed by atoms with Gasteiger partial charge in [-0.3, -0.25) is 9.20 Å². The van der Waals surface area contributed by atoms with Crippen LogP contribution in [0.15, 0.2) is 38.8 Å². The molecule has 24 heavy (non-hydrogen) atoms. The Labute approximate surface area is 151 Å². The lowest BCUT2D eigenvalue weighted by atomic mass is 10.2. The van der Waals surface area contributed by atoms with Crippen molar-refractivity contribution in [2.75, 3.05) is 0 Å².